The molecule has 2 aromatic rings. The molecule has 0 aromatic heterocycles. The van der Waals surface area contributed by atoms with Gasteiger partial charge in [0.2, 0.25) is 0 Å². The van der Waals surface area contributed by atoms with E-state index in [0.29, 0.717) is 0 Å². The molecule has 0 amide bonds. The van der Waals surface area contributed by atoms with Crippen molar-refractivity contribution in [3.63, 3.8) is 0 Å². The second-order valence-corrected chi connectivity index (χ2v) is 3.88. The van der Waals surface area contributed by atoms with Crippen molar-refractivity contribution in [2.24, 2.45) is 0 Å². The molecule has 18 heavy (non-hydrogen) atoms. The number of rotatable bonds is 4. The van der Waals surface area contributed by atoms with E-state index in [1.165, 1.54) is 16.7 Å². The van der Waals surface area contributed by atoms with Crippen LogP contribution in [0.5, 0.6) is 0 Å². The largest absolute Gasteiger partial charge is 0.504 e. The second-order valence-electron chi connectivity index (χ2n) is 3.88. The molecule has 0 radical (unpaired) electrons. The van der Waals surface area contributed by atoms with Gasteiger partial charge in [0.15, 0.2) is 0 Å². The van der Waals surface area contributed by atoms with Crippen LogP contribution in [0.2, 0.25) is 0 Å². The van der Waals surface area contributed by atoms with Gasteiger partial charge in [-0.15, -0.1) is 0 Å². The quantitative estimate of drug-likeness (QED) is 0.568. The molecule has 2 aromatic carbocycles. The smallest absolute Gasteiger partial charge is 0.0824 e. The van der Waals surface area contributed by atoms with Crippen molar-refractivity contribution in [2.45, 2.75) is 0 Å². The fourth-order valence-electron chi connectivity index (χ4n) is 1.81. The molecule has 0 saturated heterocycles. The molecule has 0 aliphatic carbocycles. The van der Waals surface area contributed by atoms with Gasteiger partial charge in [0.05, 0.1) is 13.4 Å². The fraction of sp³-hybridized carbons (Fsp3) is 0.0588. The number of benzene rings is 2. The summed E-state index contributed by atoms with van der Waals surface area (Å²) in [5, 5.41) is 0. The van der Waals surface area contributed by atoms with Crippen LogP contribution in [0.15, 0.2) is 79.1 Å². The first kappa shape index (κ1) is 12.2. The van der Waals surface area contributed by atoms with E-state index in [2.05, 4.69) is 30.3 Å². The van der Waals surface area contributed by atoms with Crippen LogP contribution in [0.1, 0.15) is 11.1 Å². The highest BCUT2D eigenvalue weighted by Gasteiger charge is 2.02. The Morgan fingerprint density at radius 2 is 1.33 bits per heavy atom. The minimum absolute atomic E-state index is 1.18. The molecule has 0 fully saturated rings. The molecule has 0 heterocycles. The number of ether oxygens (including phenoxy) is 1. The number of hydrogen-bond donors (Lipinski definition) is 0. The average Bonchev–Trinajstić information content (AvgIpc) is 2.46. The van der Waals surface area contributed by atoms with E-state index in [0.717, 1.165) is 0 Å². The highest BCUT2D eigenvalue weighted by molar-refractivity contribution is 5.80. The minimum atomic E-state index is 1.18. The average molecular weight is 236 g/mol. The van der Waals surface area contributed by atoms with Crippen molar-refractivity contribution in [1.29, 1.82) is 0 Å². The molecule has 0 unspecified atom stereocenters. The highest BCUT2D eigenvalue weighted by Crippen LogP contribution is 2.22. The van der Waals surface area contributed by atoms with Crippen molar-refractivity contribution in [1.82, 2.24) is 0 Å². The lowest BCUT2D eigenvalue weighted by Crippen LogP contribution is -1.86. The van der Waals surface area contributed by atoms with Gasteiger partial charge in [-0.25, -0.2) is 0 Å². The van der Waals surface area contributed by atoms with E-state index in [1.807, 2.05) is 42.5 Å². The van der Waals surface area contributed by atoms with Gasteiger partial charge >= 0.3 is 0 Å². The van der Waals surface area contributed by atoms with Crippen LogP contribution in [-0.2, 0) is 4.74 Å². The van der Waals surface area contributed by atoms with Crippen molar-refractivity contribution in [3.05, 3.63) is 90.2 Å². The zero-order chi connectivity index (χ0) is 12.6. The van der Waals surface area contributed by atoms with Gasteiger partial charge in [-0.1, -0.05) is 66.7 Å². The zero-order valence-electron chi connectivity index (χ0n) is 10.4. The van der Waals surface area contributed by atoms with Crippen LogP contribution < -0.4 is 0 Å². The van der Waals surface area contributed by atoms with Gasteiger partial charge in [-0.3, -0.25) is 0 Å². The van der Waals surface area contributed by atoms with E-state index in [4.69, 9.17) is 4.74 Å². The van der Waals surface area contributed by atoms with Crippen molar-refractivity contribution in [3.8, 4) is 0 Å². The molecular weight excluding hydrogens is 220 g/mol. The Bertz CT molecular complexity index is 483. The molecule has 0 saturated carbocycles. The lowest BCUT2D eigenvalue weighted by molar-refractivity contribution is 0.338. The molecule has 1 nitrogen and oxygen atoms in total. The van der Waals surface area contributed by atoms with Crippen molar-refractivity contribution in [2.75, 3.05) is 7.11 Å². The van der Waals surface area contributed by atoms with E-state index in [-0.39, 0.29) is 0 Å². The Hall–Kier alpha value is -2.28. The molecule has 0 spiro atoms. The van der Waals surface area contributed by atoms with E-state index >= 15 is 0 Å². The third-order valence-corrected chi connectivity index (χ3v) is 2.65. The van der Waals surface area contributed by atoms with E-state index in [1.54, 1.807) is 13.4 Å². The molecule has 0 atom stereocenters. The third kappa shape index (κ3) is 3.11. The Kier molecular flexibility index (Phi) is 4.37. The van der Waals surface area contributed by atoms with Crippen LogP contribution in [0.3, 0.4) is 0 Å². The standard InChI is InChI=1S/C17H16O/c1-18-14-8-13-17(15-9-4-2-5-10-15)16-11-6-3-7-12-16/h2-14H,1H3. The summed E-state index contributed by atoms with van der Waals surface area (Å²) >= 11 is 0. The summed E-state index contributed by atoms with van der Waals surface area (Å²) in [6.07, 6.45) is 5.65. The Morgan fingerprint density at radius 3 is 1.78 bits per heavy atom. The second kappa shape index (κ2) is 6.45. The maximum Gasteiger partial charge on any atom is 0.0824 e. The Balaban J connectivity index is 2.42. The summed E-state index contributed by atoms with van der Waals surface area (Å²) in [5.74, 6) is 0. The normalized spacial score (nSPS) is 10.3. The molecule has 0 N–H and O–H groups in total. The van der Waals surface area contributed by atoms with Crippen LogP contribution in [0.25, 0.3) is 5.57 Å². The van der Waals surface area contributed by atoms with Gasteiger partial charge in [0.1, 0.15) is 0 Å². The molecule has 2 rings (SSSR count). The Labute approximate surface area is 108 Å². The topological polar surface area (TPSA) is 9.23 Å². The lowest BCUT2D eigenvalue weighted by atomic mass is 9.98. The first-order chi connectivity index (χ1) is 8.92. The SMILES string of the molecule is COC=CC=C(c1ccccc1)c1ccccc1. The molecule has 0 aliphatic rings. The molecule has 1 heteroatoms. The molecule has 90 valence electrons. The predicted molar refractivity (Wildman–Crippen MR) is 76.1 cm³/mol. The molecular formula is C17H16O. The summed E-state index contributed by atoms with van der Waals surface area (Å²) in [6.45, 7) is 0. The van der Waals surface area contributed by atoms with Crippen LogP contribution >= 0.6 is 0 Å². The van der Waals surface area contributed by atoms with Crippen LogP contribution in [-0.4, -0.2) is 7.11 Å². The van der Waals surface area contributed by atoms with E-state index < -0.39 is 0 Å². The van der Waals surface area contributed by atoms with Gasteiger partial charge in [-0.2, -0.15) is 0 Å². The van der Waals surface area contributed by atoms with E-state index in [9.17, 15) is 0 Å². The predicted octanol–water partition coefficient (Wildman–Crippen LogP) is 4.28. The summed E-state index contributed by atoms with van der Waals surface area (Å²) in [7, 11) is 1.65. The number of allylic oxidation sites excluding steroid dienone is 2. The number of methoxy groups -OCH3 is 1. The summed E-state index contributed by atoms with van der Waals surface area (Å²) < 4.78 is 4.94. The third-order valence-electron chi connectivity index (χ3n) is 2.65. The van der Waals surface area contributed by atoms with Crippen molar-refractivity contribution >= 4 is 5.57 Å². The Morgan fingerprint density at radius 1 is 0.833 bits per heavy atom. The monoisotopic (exact) mass is 236 g/mol. The maximum absolute atomic E-state index is 4.94. The first-order valence-corrected chi connectivity index (χ1v) is 5.92. The summed E-state index contributed by atoms with van der Waals surface area (Å²) in [6, 6.07) is 20.7. The maximum atomic E-state index is 4.94. The summed E-state index contributed by atoms with van der Waals surface area (Å²) in [4.78, 5) is 0. The minimum Gasteiger partial charge on any atom is -0.504 e. The van der Waals surface area contributed by atoms with Crippen LogP contribution in [0.4, 0.5) is 0 Å². The fourth-order valence-corrected chi connectivity index (χ4v) is 1.81. The van der Waals surface area contributed by atoms with Gasteiger partial charge in [-0.05, 0) is 22.8 Å². The molecule has 0 bridgehead atoms. The summed E-state index contributed by atoms with van der Waals surface area (Å²) in [5.41, 5.74) is 3.58. The van der Waals surface area contributed by atoms with Gasteiger partial charge in [0, 0.05) is 0 Å². The zero-order valence-corrected chi connectivity index (χ0v) is 10.4. The van der Waals surface area contributed by atoms with Crippen molar-refractivity contribution < 1.29 is 4.74 Å². The first-order valence-electron chi connectivity index (χ1n) is 5.92. The highest BCUT2D eigenvalue weighted by atomic mass is 16.5. The molecule has 0 aliphatic heterocycles. The lowest BCUT2D eigenvalue weighted by Gasteiger charge is -2.07. The van der Waals surface area contributed by atoms with Gasteiger partial charge < -0.3 is 4.74 Å². The van der Waals surface area contributed by atoms with Crippen LogP contribution in [0, 0.1) is 0 Å². The van der Waals surface area contributed by atoms with Gasteiger partial charge in [0.25, 0.3) is 0 Å². The number of hydrogen-bond acceptors (Lipinski definition) is 1.